The molecule has 1 saturated heterocycles. The standard InChI is InChI=1S/C15H20N2O2S/c1-10-14(18)16-7-8-17(10)15(19)13-9-11-5-3-2-4-6-12(11)20-13/h9-10H,2-8H2,1H3,(H,16,18). The Labute approximate surface area is 123 Å². The normalized spacial score (nSPS) is 22.9. The maximum atomic E-state index is 12.6. The lowest BCUT2D eigenvalue weighted by Crippen LogP contribution is -2.55. The van der Waals surface area contributed by atoms with Crippen molar-refractivity contribution < 1.29 is 9.59 Å². The first-order valence-electron chi connectivity index (χ1n) is 7.37. The molecule has 1 atom stereocenters. The van der Waals surface area contributed by atoms with E-state index in [0.717, 1.165) is 17.7 Å². The second kappa shape index (κ2) is 5.56. The van der Waals surface area contributed by atoms with Crippen LogP contribution in [0.25, 0.3) is 0 Å². The monoisotopic (exact) mass is 292 g/mol. The molecule has 0 bridgehead atoms. The molecule has 1 unspecified atom stereocenters. The van der Waals surface area contributed by atoms with Crippen molar-refractivity contribution in [2.24, 2.45) is 0 Å². The Morgan fingerprint density at radius 3 is 3.00 bits per heavy atom. The fourth-order valence-corrected chi connectivity index (χ4v) is 4.18. The predicted molar refractivity (Wildman–Crippen MR) is 79.1 cm³/mol. The molecule has 0 radical (unpaired) electrons. The van der Waals surface area contributed by atoms with Crippen LogP contribution in [0.2, 0.25) is 0 Å². The van der Waals surface area contributed by atoms with Gasteiger partial charge in [-0.2, -0.15) is 0 Å². The lowest BCUT2D eigenvalue weighted by molar-refractivity contribution is -0.127. The zero-order valence-electron chi connectivity index (χ0n) is 11.8. The number of nitrogens with zero attached hydrogens (tertiary/aromatic N) is 1. The van der Waals surface area contributed by atoms with Gasteiger partial charge in [0.05, 0.1) is 4.88 Å². The number of rotatable bonds is 1. The first-order valence-corrected chi connectivity index (χ1v) is 8.19. The van der Waals surface area contributed by atoms with E-state index in [2.05, 4.69) is 11.4 Å². The van der Waals surface area contributed by atoms with Gasteiger partial charge in [-0.3, -0.25) is 9.59 Å². The Balaban J connectivity index is 1.82. The molecule has 4 nitrogen and oxygen atoms in total. The second-order valence-electron chi connectivity index (χ2n) is 5.59. The number of carbonyl (C=O) groups is 2. The summed E-state index contributed by atoms with van der Waals surface area (Å²) in [7, 11) is 0. The highest BCUT2D eigenvalue weighted by molar-refractivity contribution is 7.14. The SMILES string of the molecule is CC1C(=O)NCCN1C(=O)c1cc2c(s1)CCCCC2. The van der Waals surface area contributed by atoms with Gasteiger partial charge in [0.15, 0.2) is 0 Å². The number of amides is 2. The van der Waals surface area contributed by atoms with Crippen molar-refractivity contribution in [2.75, 3.05) is 13.1 Å². The third kappa shape index (κ3) is 2.46. The molecule has 1 aliphatic carbocycles. The summed E-state index contributed by atoms with van der Waals surface area (Å²) in [6, 6.07) is 1.70. The maximum Gasteiger partial charge on any atom is 0.264 e. The number of aryl methyl sites for hydroxylation is 2. The van der Waals surface area contributed by atoms with Gasteiger partial charge < -0.3 is 10.2 Å². The summed E-state index contributed by atoms with van der Waals surface area (Å²) in [5, 5.41) is 2.80. The van der Waals surface area contributed by atoms with E-state index >= 15 is 0 Å². The smallest absolute Gasteiger partial charge is 0.264 e. The van der Waals surface area contributed by atoms with Crippen molar-refractivity contribution in [3.8, 4) is 0 Å². The van der Waals surface area contributed by atoms with Gasteiger partial charge in [-0.15, -0.1) is 11.3 Å². The van der Waals surface area contributed by atoms with E-state index in [-0.39, 0.29) is 17.9 Å². The third-order valence-electron chi connectivity index (χ3n) is 4.22. The molecule has 1 fully saturated rings. The van der Waals surface area contributed by atoms with E-state index in [1.807, 2.05) is 0 Å². The quantitative estimate of drug-likeness (QED) is 0.805. The minimum absolute atomic E-state index is 0.0189. The molecular weight excluding hydrogens is 272 g/mol. The van der Waals surface area contributed by atoms with Gasteiger partial charge in [-0.25, -0.2) is 0 Å². The molecule has 0 saturated carbocycles. The first kappa shape index (κ1) is 13.6. The van der Waals surface area contributed by atoms with Gasteiger partial charge in [0.25, 0.3) is 5.91 Å². The average Bonchev–Trinajstić information content (AvgIpc) is 2.72. The minimum Gasteiger partial charge on any atom is -0.353 e. The van der Waals surface area contributed by atoms with Crippen LogP contribution >= 0.6 is 11.3 Å². The molecule has 0 aromatic carbocycles. The molecule has 1 aromatic heterocycles. The molecule has 2 amide bonds. The Kier molecular flexibility index (Phi) is 3.78. The van der Waals surface area contributed by atoms with Gasteiger partial charge in [0, 0.05) is 18.0 Å². The van der Waals surface area contributed by atoms with Gasteiger partial charge in [0.2, 0.25) is 5.91 Å². The number of thiophene rings is 1. The summed E-state index contributed by atoms with van der Waals surface area (Å²) in [4.78, 5) is 28.2. The molecule has 108 valence electrons. The van der Waals surface area contributed by atoms with Crippen LogP contribution in [0.15, 0.2) is 6.07 Å². The Morgan fingerprint density at radius 2 is 2.15 bits per heavy atom. The molecule has 2 aliphatic rings. The highest BCUT2D eigenvalue weighted by Gasteiger charge is 2.31. The van der Waals surface area contributed by atoms with Crippen LogP contribution in [-0.2, 0) is 17.6 Å². The van der Waals surface area contributed by atoms with Gasteiger partial charge in [-0.05, 0) is 44.2 Å². The summed E-state index contributed by atoms with van der Waals surface area (Å²) in [6.07, 6.45) is 5.93. The zero-order valence-corrected chi connectivity index (χ0v) is 12.6. The number of hydrogen-bond donors (Lipinski definition) is 1. The van der Waals surface area contributed by atoms with Crippen LogP contribution in [0.5, 0.6) is 0 Å². The van der Waals surface area contributed by atoms with Crippen LogP contribution in [-0.4, -0.2) is 35.8 Å². The van der Waals surface area contributed by atoms with Crippen molar-refractivity contribution in [2.45, 2.75) is 45.1 Å². The second-order valence-corrected chi connectivity index (χ2v) is 6.72. The van der Waals surface area contributed by atoms with E-state index < -0.39 is 0 Å². The summed E-state index contributed by atoms with van der Waals surface area (Å²) in [5.74, 6) is -0.0341. The molecule has 1 N–H and O–H groups in total. The number of carbonyl (C=O) groups excluding carboxylic acids is 2. The number of piperazine rings is 1. The van der Waals surface area contributed by atoms with Crippen molar-refractivity contribution >= 4 is 23.2 Å². The highest BCUT2D eigenvalue weighted by atomic mass is 32.1. The van der Waals surface area contributed by atoms with E-state index in [1.165, 1.54) is 29.7 Å². The first-order chi connectivity index (χ1) is 9.66. The number of fused-ring (bicyclic) bond motifs is 1. The van der Waals surface area contributed by atoms with Crippen molar-refractivity contribution in [1.29, 1.82) is 0 Å². The van der Waals surface area contributed by atoms with Crippen molar-refractivity contribution in [3.05, 3.63) is 21.4 Å². The predicted octanol–water partition coefficient (Wildman–Crippen LogP) is 1.98. The minimum atomic E-state index is -0.363. The maximum absolute atomic E-state index is 12.6. The van der Waals surface area contributed by atoms with E-state index in [9.17, 15) is 9.59 Å². The largest absolute Gasteiger partial charge is 0.353 e. The van der Waals surface area contributed by atoms with E-state index in [0.29, 0.717) is 13.1 Å². The van der Waals surface area contributed by atoms with Crippen molar-refractivity contribution in [3.63, 3.8) is 0 Å². The van der Waals surface area contributed by atoms with Crippen molar-refractivity contribution in [1.82, 2.24) is 10.2 Å². The molecule has 0 spiro atoms. The van der Waals surface area contributed by atoms with Gasteiger partial charge in [-0.1, -0.05) is 6.42 Å². The Bertz CT molecular complexity index is 514. The Morgan fingerprint density at radius 1 is 1.35 bits per heavy atom. The van der Waals surface area contributed by atoms with Crippen LogP contribution in [0.3, 0.4) is 0 Å². The van der Waals surface area contributed by atoms with Crippen LogP contribution in [0.1, 0.15) is 46.3 Å². The number of nitrogens with one attached hydrogen (secondary N) is 1. The lowest BCUT2D eigenvalue weighted by Gasteiger charge is -2.32. The Hall–Kier alpha value is -1.36. The summed E-state index contributed by atoms with van der Waals surface area (Å²) >= 11 is 1.63. The number of hydrogen-bond acceptors (Lipinski definition) is 3. The van der Waals surface area contributed by atoms with Crippen LogP contribution in [0.4, 0.5) is 0 Å². The van der Waals surface area contributed by atoms with E-state index in [4.69, 9.17) is 0 Å². The fourth-order valence-electron chi connectivity index (χ4n) is 2.97. The van der Waals surface area contributed by atoms with E-state index in [1.54, 1.807) is 23.2 Å². The summed E-state index contributed by atoms with van der Waals surface area (Å²) in [6.45, 7) is 2.96. The lowest BCUT2D eigenvalue weighted by atomic mass is 10.1. The van der Waals surface area contributed by atoms with Crippen LogP contribution < -0.4 is 5.32 Å². The fraction of sp³-hybridized carbons (Fsp3) is 0.600. The zero-order chi connectivity index (χ0) is 14.1. The average molecular weight is 292 g/mol. The topological polar surface area (TPSA) is 49.4 Å². The molecule has 1 aliphatic heterocycles. The molecule has 20 heavy (non-hydrogen) atoms. The van der Waals surface area contributed by atoms with Crippen LogP contribution in [0, 0.1) is 0 Å². The molecule has 3 rings (SSSR count). The van der Waals surface area contributed by atoms with Gasteiger partial charge >= 0.3 is 0 Å². The molecule has 2 heterocycles. The molecule has 5 heteroatoms. The van der Waals surface area contributed by atoms with Gasteiger partial charge in [0.1, 0.15) is 6.04 Å². The third-order valence-corrected chi connectivity index (χ3v) is 5.44. The molecule has 1 aromatic rings. The highest BCUT2D eigenvalue weighted by Crippen LogP contribution is 2.30. The summed E-state index contributed by atoms with van der Waals surface area (Å²) in [5.41, 5.74) is 1.35. The molecular formula is C15H20N2O2S. The summed E-state index contributed by atoms with van der Waals surface area (Å²) < 4.78 is 0.